The van der Waals surface area contributed by atoms with Gasteiger partial charge in [0.15, 0.2) is 0 Å². The average molecular weight is 157 g/mol. The van der Waals surface area contributed by atoms with Crippen LogP contribution in [-0.2, 0) is 4.79 Å². The van der Waals surface area contributed by atoms with Crippen molar-refractivity contribution in [3.63, 3.8) is 0 Å². The molecule has 0 radical (unpaired) electrons. The molecule has 0 saturated carbocycles. The van der Waals surface area contributed by atoms with Crippen molar-refractivity contribution in [3.05, 3.63) is 0 Å². The molecule has 1 aliphatic rings. The predicted octanol–water partition coefficient (Wildman–Crippen LogP) is 0.659. The number of piperidine rings is 1. The van der Waals surface area contributed by atoms with E-state index in [2.05, 4.69) is 4.90 Å². The van der Waals surface area contributed by atoms with Crippen LogP contribution in [-0.4, -0.2) is 36.1 Å². The van der Waals surface area contributed by atoms with E-state index in [1.54, 1.807) is 0 Å². The number of nitrogens with zero attached hydrogens (tertiary/aromatic N) is 1. The van der Waals surface area contributed by atoms with E-state index >= 15 is 0 Å². The van der Waals surface area contributed by atoms with E-state index in [0.29, 0.717) is 5.92 Å². The highest BCUT2D eigenvalue weighted by Crippen LogP contribution is 2.21. The standard InChI is InChI=1S/C8H15NO2/c1-6-5-9(2)4-3-7(6)8(10)11/h6-7H,3-5H2,1-2H3,(H,10,11)/t6-,7+/m0/s1. The van der Waals surface area contributed by atoms with Crippen LogP contribution in [0.15, 0.2) is 0 Å². The summed E-state index contributed by atoms with van der Waals surface area (Å²) in [6, 6.07) is 0. The normalized spacial score (nSPS) is 33.6. The highest BCUT2D eigenvalue weighted by molar-refractivity contribution is 5.70. The molecule has 0 aromatic rings. The van der Waals surface area contributed by atoms with Crippen molar-refractivity contribution < 1.29 is 9.90 Å². The maximum Gasteiger partial charge on any atom is 0.306 e. The van der Waals surface area contributed by atoms with E-state index in [1.165, 1.54) is 0 Å². The number of carbonyl (C=O) groups is 1. The quantitative estimate of drug-likeness (QED) is 0.608. The second kappa shape index (κ2) is 3.22. The summed E-state index contributed by atoms with van der Waals surface area (Å²) in [7, 11) is 2.04. The van der Waals surface area contributed by atoms with Gasteiger partial charge in [-0.1, -0.05) is 6.92 Å². The summed E-state index contributed by atoms with van der Waals surface area (Å²) in [5, 5.41) is 8.78. The molecule has 1 rings (SSSR count). The van der Waals surface area contributed by atoms with Crippen molar-refractivity contribution in [1.29, 1.82) is 0 Å². The fourth-order valence-corrected chi connectivity index (χ4v) is 1.72. The van der Waals surface area contributed by atoms with Crippen molar-refractivity contribution in [2.75, 3.05) is 20.1 Å². The summed E-state index contributed by atoms with van der Waals surface area (Å²) in [5.74, 6) is -0.456. The van der Waals surface area contributed by atoms with E-state index in [-0.39, 0.29) is 5.92 Å². The molecule has 11 heavy (non-hydrogen) atoms. The van der Waals surface area contributed by atoms with Crippen LogP contribution in [0.4, 0.5) is 0 Å². The zero-order valence-electron chi connectivity index (χ0n) is 7.08. The first-order valence-corrected chi connectivity index (χ1v) is 4.02. The maximum atomic E-state index is 10.7. The minimum Gasteiger partial charge on any atom is -0.481 e. The van der Waals surface area contributed by atoms with Crippen LogP contribution in [0.5, 0.6) is 0 Å². The SMILES string of the molecule is C[C@H]1CN(C)CC[C@H]1C(=O)O. The van der Waals surface area contributed by atoms with Crippen LogP contribution in [0.25, 0.3) is 0 Å². The summed E-state index contributed by atoms with van der Waals surface area (Å²) in [6.07, 6.45) is 0.799. The Kier molecular flexibility index (Phi) is 2.49. The van der Waals surface area contributed by atoms with Crippen LogP contribution in [0.2, 0.25) is 0 Å². The van der Waals surface area contributed by atoms with Crippen LogP contribution < -0.4 is 0 Å². The summed E-state index contributed by atoms with van der Waals surface area (Å²) in [5.41, 5.74) is 0. The topological polar surface area (TPSA) is 40.5 Å². The smallest absolute Gasteiger partial charge is 0.306 e. The molecule has 0 spiro atoms. The second-order valence-corrected chi connectivity index (χ2v) is 3.47. The minimum absolute atomic E-state index is 0.119. The molecule has 0 aliphatic carbocycles. The lowest BCUT2D eigenvalue weighted by Gasteiger charge is -2.32. The molecule has 1 saturated heterocycles. The van der Waals surface area contributed by atoms with Crippen molar-refractivity contribution in [2.45, 2.75) is 13.3 Å². The van der Waals surface area contributed by atoms with Crippen LogP contribution in [0.1, 0.15) is 13.3 Å². The first-order chi connectivity index (χ1) is 5.11. The van der Waals surface area contributed by atoms with Gasteiger partial charge >= 0.3 is 5.97 Å². The number of rotatable bonds is 1. The summed E-state index contributed by atoms with van der Waals surface area (Å²) in [6.45, 7) is 3.84. The Morgan fingerprint density at radius 3 is 2.73 bits per heavy atom. The Bertz CT molecular complexity index is 158. The molecule has 0 amide bonds. The van der Waals surface area contributed by atoms with Gasteiger partial charge in [0.1, 0.15) is 0 Å². The molecule has 0 bridgehead atoms. The van der Waals surface area contributed by atoms with E-state index in [1.807, 2.05) is 14.0 Å². The van der Waals surface area contributed by atoms with Gasteiger partial charge in [-0.25, -0.2) is 0 Å². The monoisotopic (exact) mass is 157 g/mol. The third-order valence-electron chi connectivity index (χ3n) is 2.43. The molecular weight excluding hydrogens is 142 g/mol. The van der Waals surface area contributed by atoms with Gasteiger partial charge in [-0.3, -0.25) is 4.79 Å². The molecule has 3 heteroatoms. The van der Waals surface area contributed by atoms with Gasteiger partial charge in [-0.2, -0.15) is 0 Å². The third-order valence-corrected chi connectivity index (χ3v) is 2.43. The second-order valence-electron chi connectivity index (χ2n) is 3.47. The molecule has 3 nitrogen and oxygen atoms in total. The van der Waals surface area contributed by atoms with Crippen molar-refractivity contribution >= 4 is 5.97 Å². The van der Waals surface area contributed by atoms with Crippen molar-refractivity contribution in [1.82, 2.24) is 4.90 Å². The van der Waals surface area contributed by atoms with E-state index in [4.69, 9.17) is 5.11 Å². The molecule has 0 unspecified atom stereocenters. The van der Waals surface area contributed by atoms with E-state index in [0.717, 1.165) is 19.5 Å². The Hall–Kier alpha value is -0.570. The molecule has 0 aromatic heterocycles. The Labute approximate surface area is 67.0 Å². The highest BCUT2D eigenvalue weighted by Gasteiger charge is 2.29. The van der Waals surface area contributed by atoms with Gasteiger partial charge in [0, 0.05) is 6.54 Å². The lowest BCUT2D eigenvalue weighted by atomic mass is 9.87. The third kappa shape index (κ3) is 1.93. The molecule has 64 valence electrons. The number of hydrogen-bond acceptors (Lipinski definition) is 2. The highest BCUT2D eigenvalue weighted by atomic mass is 16.4. The lowest BCUT2D eigenvalue weighted by Crippen LogP contribution is -2.39. The largest absolute Gasteiger partial charge is 0.481 e. The number of likely N-dealkylation sites (tertiary alicyclic amines) is 1. The number of aliphatic carboxylic acids is 1. The minimum atomic E-state index is -0.634. The molecule has 1 fully saturated rings. The summed E-state index contributed by atoms with van der Waals surface area (Å²) in [4.78, 5) is 12.8. The Morgan fingerprint density at radius 2 is 2.27 bits per heavy atom. The van der Waals surface area contributed by atoms with Gasteiger partial charge < -0.3 is 10.0 Å². The van der Waals surface area contributed by atoms with Crippen LogP contribution >= 0.6 is 0 Å². The van der Waals surface area contributed by atoms with Gasteiger partial charge in [0.2, 0.25) is 0 Å². The van der Waals surface area contributed by atoms with E-state index < -0.39 is 5.97 Å². The lowest BCUT2D eigenvalue weighted by molar-refractivity contribution is -0.145. The Morgan fingerprint density at radius 1 is 1.64 bits per heavy atom. The first-order valence-electron chi connectivity index (χ1n) is 4.02. The first kappa shape index (κ1) is 8.53. The molecule has 1 N–H and O–H groups in total. The maximum absolute atomic E-state index is 10.7. The molecule has 1 heterocycles. The average Bonchev–Trinajstić information content (AvgIpc) is 1.85. The summed E-state index contributed by atoms with van der Waals surface area (Å²) >= 11 is 0. The van der Waals surface area contributed by atoms with Gasteiger partial charge in [0.25, 0.3) is 0 Å². The van der Waals surface area contributed by atoms with Gasteiger partial charge in [-0.05, 0) is 25.9 Å². The van der Waals surface area contributed by atoms with Gasteiger partial charge in [-0.15, -0.1) is 0 Å². The van der Waals surface area contributed by atoms with Crippen molar-refractivity contribution in [2.24, 2.45) is 11.8 Å². The van der Waals surface area contributed by atoms with E-state index in [9.17, 15) is 4.79 Å². The number of carboxylic acids is 1. The van der Waals surface area contributed by atoms with Crippen molar-refractivity contribution in [3.8, 4) is 0 Å². The number of carboxylic acid groups (broad SMARTS) is 1. The summed E-state index contributed by atoms with van der Waals surface area (Å²) < 4.78 is 0. The predicted molar refractivity (Wildman–Crippen MR) is 42.4 cm³/mol. The van der Waals surface area contributed by atoms with Crippen LogP contribution in [0, 0.1) is 11.8 Å². The molecule has 2 atom stereocenters. The number of hydrogen-bond donors (Lipinski definition) is 1. The molecule has 1 aliphatic heterocycles. The zero-order valence-corrected chi connectivity index (χ0v) is 7.08. The molecule has 0 aromatic carbocycles. The zero-order chi connectivity index (χ0) is 8.43. The Balaban J connectivity index is 2.50. The van der Waals surface area contributed by atoms with Gasteiger partial charge in [0.05, 0.1) is 5.92 Å². The molecular formula is C8H15NO2. The fourth-order valence-electron chi connectivity index (χ4n) is 1.72. The fraction of sp³-hybridized carbons (Fsp3) is 0.875. The van der Waals surface area contributed by atoms with Crippen LogP contribution in [0.3, 0.4) is 0 Å².